The molecule has 3 aromatic rings. The van der Waals surface area contributed by atoms with Gasteiger partial charge in [-0.05, 0) is 61.0 Å². The Bertz CT molecular complexity index is 1070. The molecule has 1 aliphatic rings. The van der Waals surface area contributed by atoms with Crippen LogP contribution < -0.4 is 15.5 Å². The predicted octanol–water partition coefficient (Wildman–Crippen LogP) is 3.80. The molecule has 1 saturated heterocycles. The summed E-state index contributed by atoms with van der Waals surface area (Å²) in [6.45, 7) is 7.52. The number of rotatable bonds is 7. The molecule has 6 nitrogen and oxygen atoms in total. The highest BCUT2D eigenvalue weighted by atomic mass is 16.2. The quantitative estimate of drug-likeness (QED) is 0.584. The van der Waals surface area contributed by atoms with E-state index in [1.54, 1.807) is 36.4 Å². The monoisotopic (exact) mass is 442 g/mol. The summed E-state index contributed by atoms with van der Waals surface area (Å²) in [6, 6.07) is 24.6. The molecule has 33 heavy (non-hydrogen) atoms. The van der Waals surface area contributed by atoms with Crippen LogP contribution in [-0.2, 0) is 0 Å². The van der Waals surface area contributed by atoms with Gasteiger partial charge < -0.3 is 15.5 Å². The molecule has 0 radical (unpaired) electrons. The Kier molecular flexibility index (Phi) is 7.37. The van der Waals surface area contributed by atoms with Gasteiger partial charge in [0.2, 0.25) is 0 Å². The number of hydrogen-bond acceptors (Lipinski definition) is 4. The van der Waals surface area contributed by atoms with Crippen molar-refractivity contribution in [3.05, 3.63) is 95.6 Å². The van der Waals surface area contributed by atoms with E-state index in [2.05, 4.69) is 51.6 Å². The predicted molar refractivity (Wildman–Crippen MR) is 133 cm³/mol. The molecule has 1 aliphatic heterocycles. The lowest BCUT2D eigenvalue weighted by Gasteiger charge is -2.36. The first-order valence-electron chi connectivity index (χ1n) is 11.4. The zero-order valence-electron chi connectivity index (χ0n) is 19.0. The van der Waals surface area contributed by atoms with Gasteiger partial charge in [0.15, 0.2) is 0 Å². The number of nitrogens with zero attached hydrogens (tertiary/aromatic N) is 2. The first-order chi connectivity index (χ1) is 16.1. The molecule has 1 heterocycles. The van der Waals surface area contributed by atoms with Crippen LogP contribution in [0.5, 0.6) is 0 Å². The van der Waals surface area contributed by atoms with Crippen LogP contribution in [-0.4, -0.2) is 56.0 Å². The largest absolute Gasteiger partial charge is 0.369 e. The number of hydrogen-bond donors (Lipinski definition) is 2. The zero-order chi connectivity index (χ0) is 23.0. The van der Waals surface area contributed by atoms with Gasteiger partial charge in [-0.2, -0.15) is 0 Å². The number of piperazine rings is 1. The molecule has 0 spiro atoms. The second kappa shape index (κ2) is 10.8. The third-order valence-corrected chi connectivity index (χ3v) is 5.89. The van der Waals surface area contributed by atoms with Crippen LogP contribution in [0.4, 0.5) is 11.4 Å². The topological polar surface area (TPSA) is 64.7 Å². The standard InChI is InChI=1S/C27H30N4O2/c1-21-6-5-9-25(20-21)31-18-16-30(17-19-31)15-14-28-26(32)23-10-12-24(13-11-23)29-27(33)22-7-3-2-4-8-22/h2-13,20H,14-19H2,1H3,(H,28,32)(H,29,33). The van der Waals surface area contributed by atoms with Gasteiger partial charge in [-0.3, -0.25) is 14.5 Å². The SMILES string of the molecule is Cc1cccc(N2CCN(CCNC(=O)c3ccc(NC(=O)c4ccccc4)cc3)CC2)c1. The Labute approximate surface area is 195 Å². The van der Waals surface area contributed by atoms with Crippen molar-refractivity contribution in [1.82, 2.24) is 10.2 Å². The normalized spacial score (nSPS) is 14.0. The molecule has 0 saturated carbocycles. The molecule has 2 amide bonds. The fraction of sp³-hybridized carbons (Fsp3) is 0.259. The van der Waals surface area contributed by atoms with E-state index in [4.69, 9.17) is 0 Å². The maximum atomic E-state index is 12.5. The smallest absolute Gasteiger partial charge is 0.255 e. The number of aryl methyl sites for hydroxylation is 1. The first kappa shape index (κ1) is 22.6. The number of carbonyl (C=O) groups excluding carboxylic acids is 2. The number of carbonyl (C=O) groups is 2. The Morgan fingerprint density at radius 1 is 0.788 bits per heavy atom. The highest BCUT2D eigenvalue weighted by Crippen LogP contribution is 2.17. The molecule has 3 aromatic carbocycles. The van der Waals surface area contributed by atoms with Crippen molar-refractivity contribution in [2.24, 2.45) is 0 Å². The summed E-state index contributed by atoms with van der Waals surface area (Å²) in [5, 5.41) is 5.85. The molecular formula is C27H30N4O2. The minimum absolute atomic E-state index is 0.102. The second-order valence-corrected chi connectivity index (χ2v) is 8.32. The maximum Gasteiger partial charge on any atom is 0.255 e. The molecular weight excluding hydrogens is 412 g/mol. The van der Waals surface area contributed by atoms with E-state index in [0.29, 0.717) is 23.4 Å². The third-order valence-electron chi connectivity index (χ3n) is 5.89. The van der Waals surface area contributed by atoms with Gasteiger partial charge in [0.25, 0.3) is 11.8 Å². The lowest BCUT2D eigenvalue weighted by Crippen LogP contribution is -2.48. The third kappa shape index (κ3) is 6.20. The van der Waals surface area contributed by atoms with E-state index in [0.717, 1.165) is 32.7 Å². The van der Waals surface area contributed by atoms with Gasteiger partial charge in [-0.15, -0.1) is 0 Å². The molecule has 6 heteroatoms. The van der Waals surface area contributed by atoms with Gasteiger partial charge in [-0.25, -0.2) is 0 Å². The Hall–Kier alpha value is -3.64. The molecule has 4 rings (SSSR count). The number of anilines is 2. The molecule has 0 aliphatic carbocycles. The van der Waals surface area contributed by atoms with Crippen LogP contribution in [0.3, 0.4) is 0 Å². The zero-order valence-corrected chi connectivity index (χ0v) is 19.0. The lowest BCUT2D eigenvalue weighted by atomic mass is 10.1. The molecule has 170 valence electrons. The highest BCUT2D eigenvalue weighted by molar-refractivity contribution is 6.04. The van der Waals surface area contributed by atoms with E-state index in [1.165, 1.54) is 11.3 Å². The van der Waals surface area contributed by atoms with E-state index < -0.39 is 0 Å². The van der Waals surface area contributed by atoms with Crippen LogP contribution in [0.2, 0.25) is 0 Å². The number of benzene rings is 3. The summed E-state index contributed by atoms with van der Waals surface area (Å²) in [6.07, 6.45) is 0. The van der Waals surface area contributed by atoms with Gasteiger partial charge in [0.05, 0.1) is 0 Å². The summed E-state index contributed by atoms with van der Waals surface area (Å²) in [7, 11) is 0. The summed E-state index contributed by atoms with van der Waals surface area (Å²) >= 11 is 0. The molecule has 0 unspecified atom stereocenters. The van der Waals surface area contributed by atoms with Crippen LogP contribution in [0.1, 0.15) is 26.3 Å². The van der Waals surface area contributed by atoms with Crippen molar-refractivity contribution < 1.29 is 9.59 Å². The van der Waals surface area contributed by atoms with Crippen molar-refractivity contribution in [3.8, 4) is 0 Å². The van der Waals surface area contributed by atoms with E-state index in [1.807, 2.05) is 18.2 Å². The molecule has 0 atom stereocenters. The Morgan fingerprint density at radius 3 is 2.18 bits per heavy atom. The van der Waals surface area contributed by atoms with Crippen molar-refractivity contribution in [2.75, 3.05) is 49.5 Å². The van der Waals surface area contributed by atoms with Gasteiger partial charge in [0, 0.05) is 61.8 Å². The van der Waals surface area contributed by atoms with Gasteiger partial charge >= 0.3 is 0 Å². The highest BCUT2D eigenvalue weighted by Gasteiger charge is 2.17. The summed E-state index contributed by atoms with van der Waals surface area (Å²) in [4.78, 5) is 29.5. The summed E-state index contributed by atoms with van der Waals surface area (Å²) < 4.78 is 0. The summed E-state index contributed by atoms with van der Waals surface area (Å²) in [5.74, 6) is -0.273. The molecule has 1 fully saturated rings. The van der Waals surface area contributed by atoms with E-state index >= 15 is 0 Å². The first-order valence-corrected chi connectivity index (χ1v) is 11.4. The molecule has 2 N–H and O–H groups in total. The van der Waals surface area contributed by atoms with E-state index in [-0.39, 0.29) is 11.8 Å². The average Bonchev–Trinajstić information content (AvgIpc) is 2.85. The van der Waals surface area contributed by atoms with Gasteiger partial charge in [0.1, 0.15) is 0 Å². The van der Waals surface area contributed by atoms with Crippen LogP contribution in [0.15, 0.2) is 78.9 Å². The summed E-state index contributed by atoms with van der Waals surface area (Å²) in [5.41, 5.74) is 4.40. The fourth-order valence-electron chi connectivity index (χ4n) is 3.98. The minimum Gasteiger partial charge on any atom is -0.369 e. The van der Waals surface area contributed by atoms with E-state index in [9.17, 15) is 9.59 Å². The Morgan fingerprint density at radius 2 is 1.48 bits per heavy atom. The average molecular weight is 443 g/mol. The molecule has 0 bridgehead atoms. The van der Waals surface area contributed by atoms with Crippen molar-refractivity contribution in [3.63, 3.8) is 0 Å². The lowest BCUT2D eigenvalue weighted by molar-refractivity contribution is 0.0947. The maximum absolute atomic E-state index is 12.5. The molecule has 0 aromatic heterocycles. The Balaban J connectivity index is 1.19. The van der Waals surface area contributed by atoms with Crippen molar-refractivity contribution >= 4 is 23.2 Å². The van der Waals surface area contributed by atoms with Crippen molar-refractivity contribution in [1.29, 1.82) is 0 Å². The minimum atomic E-state index is -0.171. The number of nitrogens with one attached hydrogen (secondary N) is 2. The fourth-order valence-corrected chi connectivity index (χ4v) is 3.98. The van der Waals surface area contributed by atoms with Gasteiger partial charge in [-0.1, -0.05) is 30.3 Å². The van der Waals surface area contributed by atoms with Crippen LogP contribution >= 0.6 is 0 Å². The van der Waals surface area contributed by atoms with Crippen LogP contribution in [0, 0.1) is 6.92 Å². The number of amides is 2. The second-order valence-electron chi connectivity index (χ2n) is 8.32. The van der Waals surface area contributed by atoms with Crippen LogP contribution in [0.25, 0.3) is 0 Å². The van der Waals surface area contributed by atoms with Crippen molar-refractivity contribution in [2.45, 2.75) is 6.92 Å².